The van der Waals surface area contributed by atoms with Gasteiger partial charge in [-0.25, -0.2) is 23.7 Å². The number of hydrogen-bond acceptors (Lipinski definition) is 4. The molecule has 4 nitrogen and oxygen atoms in total. The summed E-state index contributed by atoms with van der Waals surface area (Å²) in [7, 11) is 0. The lowest BCUT2D eigenvalue weighted by Gasteiger charge is -2.10. The molecule has 0 spiro atoms. The quantitative estimate of drug-likeness (QED) is 0.228. The van der Waals surface area contributed by atoms with E-state index in [1.807, 2.05) is 60.7 Å². The topological polar surface area (TPSA) is 51.6 Å². The lowest BCUT2D eigenvalue weighted by Crippen LogP contribution is -2.03. The maximum atomic E-state index is 14.3. The van der Waals surface area contributed by atoms with Crippen LogP contribution in [0.4, 0.5) is 17.6 Å². The van der Waals surface area contributed by atoms with E-state index in [4.69, 9.17) is 0 Å². The van der Waals surface area contributed by atoms with Gasteiger partial charge in [0, 0.05) is 16.7 Å². The van der Waals surface area contributed by atoms with Gasteiger partial charge in [0.05, 0.1) is 5.56 Å². The predicted molar refractivity (Wildman–Crippen MR) is 119 cm³/mol. The molecule has 0 saturated carbocycles. The fourth-order valence-electron chi connectivity index (χ4n) is 3.49. The number of halogens is 4. The van der Waals surface area contributed by atoms with Gasteiger partial charge in [0.25, 0.3) is 11.9 Å². The minimum atomic E-state index is -1.72. The first-order chi connectivity index (χ1) is 16.5. The summed E-state index contributed by atoms with van der Waals surface area (Å²) < 4.78 is 56.1. The van der Waals surface area contributed by atoms with Gasteiger partial charge in [-0.15, -0.1) is 0 Å². The van der Waals surface area contributed by atoms with E-state index in [1.54, 1.807) is 6.07 Å². The van der Waals surface area contributed by atoms with Gasteiger partial charge in [-0.05, 0) is 11.6 Å². The number of aromatic nitrogens is 4. The van der Waals surface area contributed by atoms with Crippen molar-refractivity contribution in [1.29, 1.82) is 0 Å². The van der Waals surface area contributed by atoms with Crippen LogP contribution >= 0.6 is 0 Å². The van der Waals surface area contributed by atoms with Crippen LogP contribution in [0.25, 0.3) is 45.3 Å². The first kappa shape index (κ1) is 21.4. The zero-order valence-electron chi connectivity index (χ0n) is 17.4. The van der Waals surface area contributed by atoms with Crippen molar-refractivity contribution < 1.29 is 17.6 Å². The number of rotatable bonds is 4. The maximum absolute atomic E-state index is 14.3. The lowest BCUT2D eigenvalue weighted by atomic mass is 10.0. The van der Waals surface area contributed by atoms with Gasteiger partial charge in [-0.1, -0.05) is 78.9 Å². The summed E-state index contributed by atoms with van der Waals surface area (Å²) in [6.45, 7) is 0. The predicted octanol–water partition coefficient (Wildman–Crippen LogP) is 6.49. The summed E-state index contributed by atoms with van der Waals surface area (Å²) in [4.78, 5) is 16.3. The SMILES string of the molecule is Fc1nc(F)c(F)c(-c2cccc(-c3nc(-c4ccccc4)nc(-c4ccccc4)n3)c2)c1F. The van der Waals surface area contributed by atoms with E-state index < -0.39 is 29.1 Å². The third-order valence-corrected chi connectivity index (χ3v) is 5.11. The van der Waals surface area contributed by atoms with Crippen LogP contribution in [-0.4, -0.2) is 19.9 Å². The highest BCUT2D eigenvalue weighted by molar-refractivity contribution is 5.73. The Labute approximate surface area is 191 Å². The second-order valence-corrected chi connectivity index (χ2v) is 7.32. The molecule has 0 radical (unpaired) electrons. The minimum absolute atomic E-state index is 0.0874. The Hall–Kier alpha value is -4.46. The molecule has 0 unspecified atom stereocenters. The molecule has 0 aliphatic rings. The van der Waals surface area contributed by atoms with E-state index in [1.165, 1.54) is 18.2 Å². The van der Waals surface area contributed by atoms with Crippen molar-refractivity contribution in [2.75, 3.05) is 0 Å². The molecule has 5 aromatic rings. The maximum Gasteiger partial charge on any atom is 0.252 e. The molecule has 166 valence electrons. The summed E-state index contributed by atoms with van der Waals surface area (Å²) in [6.07, 6.45) is 0. The van der Waals surface area contributed by atoms with Crippen LogP contribution in [0.5, 0.6) is 0 Å². The molecule has 0 aliphatic heterocycles. The third-order valence-electron chi connectivity index (χ3n) is 5.11. The second-order valence-electron chi connectivity index (χ2n) is 7.32. The van der Waals surface area contributed by atoms with Gasteiger partial charge in [0.1, 0.15) is 0 Å². The molecular formula is C26H14F4N4. The van der Waals surface area contributed by atoms with E-state index in [-0.39, 0.29) is 11.4 Å². The molecule has 0 amide bonds. The molecule has 2 heterocycles. The van der Waals surface area contributed by atoms with Crippen LogP contribution < -0.4 is 0 Å². The molecule has 0 saturated heterocycles. The van der Waals surface area contributed by atoms with Gasteiger partial charge >= 0.3 is 0 Å². The highest BCUT2D eigenvalue weighted by Crippen LogP contribution is 2.31. The van der Waals surface area contributed by atoms with E-state index in [9.17, 15) is 17.6 Å². The van der Waals surface area contributed by atoms with Crippen LogP contribution in [0.3, 0.4) is 0 Å². The van der Waals surface area contributed by atoms with E-state index >= 15 is 0 Å². The van der Waals surface area contributed by atoms with Crippen molar-refractivity contribution in [3.8, 4) is 45.3 Å². The number of benzene rings is 3. The van der Waals surface area contributed by atoms with Crippen LogP contribution in [0.2, 0.25) is 0 Å². The molecule has 0 atom stereocenters. The summed E-state index contributed by atoms with van der Waals surface area (Å²) in [5, 5.41) is 0. The summed E-state index contributed by atoms with van der Waals surface area (Å²) >= 11 is 0. The van der Waals surface area contributed by atoms with Crippen LogP contribution in [0, 0.1) is 23.5 Å². The summed E-state index contributed by atoms with van der Waals surface area (Å²) in [5.74, 6) is -5.59. The third kappa shape index (κ3) is 4.01. The molecule has 0 N–H and O–H groups in total. The van der Waals surface area contributed by atoms with Crippen LogP contribution in [0.15, 0.2) is 84.9 Å². The highest BCUT2D eigenvalue weighted by Gasteiger charge is 2.22. The Morgan fingerprint density at radius 2 is 0.824 bits per heavy atom. The van der Waals surface area contributed by atoms with Crippen molar-refractivity contribution in [2.24, 2.45) is 0 Å². The van der Waals surface area contributed by atoms with Gasteiger partial charge < -0.3 is 0 Å². The van der Waals surface area contributed by atoms with E-state index in [0.29, 0.717) is 17.2 Å². The molecule has 8 heteroatoms. The normalized spacial score (nSPS) is 10.9. The molecule has 2 aromatic heterocycles. The Kier molecular flexibility index (Phi) is 5.55. The van der Waals surface area contributed by atoms with Crippen molar-refractivity contribution in [2.45, 2.75) is 0 Å². The Balaban J connectivity index is 1.70. The summed E-state index contributed by atoms with van der Waals surface area (Å²) in [5.41, 5.74) is 0.929. The van der Waals surface area contributed by atoms with Crippen molar-refractivity contribution in [3.63, 3.8) is 0 Å². The standard InChI is InChI=1S/C26H14F4N4/c27-20-19(21(28)23(30)31-22(20)29)17-12-7-13-18(14-17)26-33-24(15-8-3-1-4-9-15)32-25(34-26)16-10-5-2-6-11-16/h1-14H. The molecule has 0 bridgehead atoms. The van der Waals surface area contributed by atoms with Crippen molar-refractivity contribution in [1.82, 2.24) is 19.9 Å². The van der Waals surface area contributed by atoms with Crippen molar-refractivity contribution >= 4 is 0 Å². The molecular weight excluding hydrogens is 444 g/mol. The Bertz CT molecular complexity index is 1410. The van der Waals surface area contributed by atoms with Gasteiger partial charge in [-0.3, -0.25) is 0 Å². The monoisotopic (exact) mass is 458 g/mol. The largest absolute Gasteiger partial charge is 0.252 e. The number of nitrogens with zero attached hydrogens (tertiary/aromatic N) is 4. The molecule has 3 aromatic carbocycles. The Morgan fingerprint density at radius 1 is 0.412 bits per heavy atom. The number of pyridine rings is 1. The molecule has 0 aliphatic carbocycles. The first-order valence-electron chi connectivity index (χ1n) is 10.2. The van der Waals surface area contributed by atoms with E-state index in [0.717, 1.165) is 11.1 Å². The number of hydrogen-bond donors (Lipinski definition) is 0. The smallest absolute Gasteiger partial charge is 0.208 e. The fourth-order valence-corrected chi connectivity index (χ4v) is 3.49. The average molecular weight is 458 g/mol. The van der Waals surface area contributed by atoms with E-state index in [2.05, 4.69) is 19.9 Å². The van der Waals surface area contributed by atoms with Gasteiger partial charge in [0.2, 0.25) is 0 Å². The fraction of sp³-hybridized carbons (Fsp3) is 0. The molecule has 0 fully saturated rings. The highest BCUT2D eigenvalue weighted by atomic mass is 19.2. The second kappa shape index (κ2) is 8.82. The summed E-state index contributed by atoms with van der Waals surface area (Å²) in [6, 6.07) is 24.3. The van der Waals surface area contributed by atoms with Gasteiger partial charge in [0.15, 0.2) is 29.1 Å². The zero-order valence-corrected chi connectivity index (χ0v) is 17.4. The molecule has 34 heavy (non-hydrogen) atoms. The zero-order chi connectivity index (χ0) is 23.7. The van der Waals surface area contributed by atoms with Crippen molar-refractivity contribution in [3.05, 3.63) is 108 Å². The Morgan fingerprint density at radius 3 is 1.32 bits per heavy atom. The first-order valence-corrected chi connectivity index (χ1v) is 10.2. The van der Waals surface area contributed by atoms with Crippen LogP contribution in [0.1, 0.15) is 0 Å². The minimum Gasteiger partial charge on any atom is -0.208 e. The molecule has 5 rings (SSSR count). The van der Waals surface area contributed by atoms with Crippen LogP contribution in [-0.2, 0) is 0 Å². The lowest BCUT2D eigenvalue weighted by molar-refractivity contribution is 0.410. The average Bonchev–Trinajstić information content (AvgIpc) is 2.89. The van der Waals surface area contributed by atoms with Gasteiger partial charge in [-0.2, -0.15) is 13.8 Å².